The standard InChI is InChI=1S/C88H105Cl2N5O30S2/c1-54-17-24-61(25-18-54)126(109,110)42-27-70(100)56-21-19-55(20-22-56)68(98)13-7-29-113-33-36-117-38-39-118-40-41-119-53-60-50-93(92-91-60)28-31-115-34-37-116-35-32-114-30-8-14-69(99)57-23-26-71(120-87-85(107)83(105)81(103)75(51-96)122-87)74(43-57)125-127(111,112)124-73-45-67-80(65-12-5-3-10-63(65)73)59(47-90)49-95(67)78(102)16-6-15-77(101)94-48-58(46-89)79-64-11-4-2-9-62(64)72(44-66(79)94)121-88-86(108)84(106)82(104)76(52-97)123-88/h2-5,9-12,17-26,43-45,50,58-59,75-76,81-88,96-97,103-108H,6-8,13-16,27-42,46-49,51-53H2,1H3/t58-,59-,75-,76-,81+,82+,83+,84+,85-,86-,87-,88?/m1/s1. The molecule has 1 unspecified atom stereocenters. The van der Waals surface area contributed by atoms with Gasteiger partial charge in [-0.1, -0.05) is 95.7 Å². The Morgan fingerprint density at radius 1 is 0.457 bits per heavy atom. The van der Waals surface area contributed by atoms with Gasteiger partial charge in [0.05, 0.1) is 127 Å². The van der Waals surface area contributed by atoms with Gasteiger partial charge in [-0.15, -0.1) is 36.7 Å². The lowest BCUT2D eigenvalue weighted by molar-refractivity contribution is -0.277. The molecule has 127 heavy (non-hydrogen) atoms. The van der Waals surface area contributed by atoms with Gasteiger partial charge in [0.1, 0.15) is 60.3 Å². The van der Waals surface area contributed by atoms with E-state index in [4.69, 9.17) is 83.7 Å². The molecule has 1 aromatic heterocycles. The summed E-state index contributed by atoms with van der Waals surface area (Å²) in [7, 11) is -8.90. The Hall–Kier alpha value is -8.85. The zero-order chi connectivity index (χ0) is 90.3. The number of anilines is 2. The number of rotatable bonds is 51. The number of fused-ring (bicyclic) bond motifs is 6. The summed E-state index contributed by atoms with van der Waals surface area (Å²) < 4.78 is 130. The van der Waals surface area contributed by atoms with Gasteiger partial charge >= 0.3 is 10.4 Å². The summed E-state index contributed by atoms with van der Waals surface area (Å²) in [6, 6.07) is 33.0. The molecule has 4 aliphatic heterocycles. The Morgan fingerprint density at radius 3 is 1.39 bits per heavy atom. The van der Waals surface area contributed by atoms with Crippen LogP contribution in [0.15, 0.2) is 138 Å². The number of nitrogens with zero attached hydrogens (tertiary/aromatic N) is 5. The Labute approximate surface area is 743 Å². The largest absolute Gasteiger partial charge is 0.501 e. The van der Waals surface area contributed by atoms with E-state index in [2.05, 4.69) is 10.3 Å². The number of hydrogen-bond acceptors (Lipinski definition) is 32. The highest BCUT2D eigenvalue weighted by Crippen LogP contribution is 2.49. The Morgan fingerprint density at radius 2 is 0.890 bits per heavy atom. The first-order valence-electron chi connectivity index (χ1n) is 41.8. The van der Waals surface area contributed by atoms with E-state index in [-0.39, 0.29) is 172 Å². The molecule has 0 spiro atoms. The molecule has 8 aromatic rings. The fraction of sp³-hybridized carbons (Fsp3) is 0.489. The highest BCUT2D eigenvalue weighted by molar-refractivity contribution is 7.91. The molecular weight excluding hydrogens is 1740 g/mol. The number of hydrogen-bond donors (Lipinski definition) is 8. The number of amides is 2. The molecule has 4 aliphatic rings. The van der Waals surface area contributed by atoms with Crippen LogP contribution >= 0.6 is 23.2 Å². The average Bonchev–Trinajstić information content (AvgIpc) is 1.61. The minimum Gasteiger partial charge on any atom is -0.461 e. The lowest BCUT2D eigenvalue weighted by atomic mass is 9.95. The summed E-state index contributed by atoms with van der Waals surface area (Å²) in [6.07, 6.45) is -14.5. The maximum Gasteiger partial charge on any atom is 0.501 e. The number of aliphatic hydroxyl groups is 8. The summed E-state index contributed by atoms with van der Waals surface area (Å²) in [5.74, 6) is -3.84. The van der Waals surface area contributed by atoms with E-state index in [9.17, 15) is 81.7 Å². The molecule has 0 radical (unpaired) electrons. The molecule has 0 aliphatic carbocycles. The van der Waals surface area contributed by atoms with Gasteiger partial charge in [-0.05, 0) is 78.4 Å². The van der Waals surface area contributed by atoms with Crippen molar-refractivity contribution >= 4 is 106 Å². The second-order valence-corrected chi connectivity index (χ2v) is 34.6. The van der Waals surface area contributed by atoms with Gasteiger partial charge in [0, 0.05) is 122 Å². The molecule has 12 rings (SSSR count). The van der Waals surface area contributed by atoms with Crippen molar-refractivity contribution in [3.63, 3.8) is 0 Å². The van der Waals surface area contributed by atoms with Crippen LogP contribution in [-0.4, -0.2) is 293 Å². The van der Waals surface area contributed by atoms with Crippen LogP contribution in [0, 0.1) is 6.92 Å². The maximum absolute atomic E-state index is 14.6. The lowest BCUT2D eigenvalue weighted by Crippen LogP contribution is -2.60. The van der Waals surface area contributed by atoms with E-state index < -0.39 is 124 Å². The van der Waals surface area contributed by atoms with Gasteiger partial charge in [-0.2, -0.15) is 0 Å². The van der Waals surface area contributed by atoms with E-state index in [0.717, 1.165) is 23.3 Å². The summed E-state index contributed by atoms with van der Waals surface area (Å²) >= 11 is 13.2. The molecule has 12 atom stereocenters. The number of aliphatic hydroxyl groups excluding tert-OH is 8. The van der Waals surface area contributed by atoms with Crippen molar-refractivity contribution in [3.05, 3.63) is 173 Å². The minimum absolute atomic E-state index is 0.0439. The van der Waals surface area contributed by atoms with Crippen molar-refractivity contribution in [2.24, 2.45) is 0 Å². The third-order valence-electron chi connectivity index (χ3n) is 21.9. The number of Topliss-reactive ketones (excluding diaryl/α,β-unsaturated/α-hetero) is 3. The molecule has 7 aromatic carbocycles. The van der Waals surface area contributed by atoms with E-state index in [1.807, 2.05) is 13.0 Å². The molecule has 2 saturated heterocycles. The monoisotopic (exact) mass is 1850 g/mol. The lowest BCUT2D eigenvalue weighted by Gasteiger charge is -2.39. The third-order valence-corrected chi connectivity index (χ3v) is 25.1. The van der Waals surface area contributed by atoms with Gasteiger partial charge in [0.25, 0.3) is 0 Å². The molecule has 8 N–H and O–H groups in total. The first-order chi connectivity index (χ1) is 61.3. The topological polar surface area (TPSA) is 473 Å². The summed E-state index contributed by atoms with van der Waals surface area (Å²) in [6.45, 7) is 5.08. The van der Waals surface area contributed by atoms with Gasteiger partial charge in [0.2, 0.25) is 24.4 Å². The molecule has 2 fully saturated rings. The van der Waals surface area contributed by atoms with Crippen LogP contribution in [0.4, 0.5) is 11.4 Å². The van der Waals surface area contributed by atoms with E-state index >= 15 is 0 Å². The van der Waals surface area contributed by atoms with Gasteiger partial charge in [-0.25, -0.2) is 13.1 Å². The van der Waals surface area contributed by atoms with Crippen molar-refractivity contribution in [1.29, 1.82) is 0 Å². The van der Waals surface area contributed by atoms with Crippen LogP contribution in [-0.2, 0) is 85.6 Å². The molecule has 2 amide bonds. The number of alkyl halides is 2. The van der Waals surface area contributed by atoms with Crippen LogP contribution in [0.2, 0.25) is 0 Å². The van der Waals surface area contributed by atoms with Crippen LogP contribution in [0.5, 0.6) is 23.0 Å². The van der Waals surface area contributed by atoms with E-state index in [0.29, 0.717) is 110 Å². The molecule has 688 valence electrons. The van der Waals surface area contributed by atoms with Crippen molar-refractivity contribution in [3.8, 4) is 23.0 Å². The van der Waals surface area contributed by atoms with Gasteiger partial charge in [-0.3, -0.25) is 24.0 Å². The highest BCUT2D eigenvalue weighted by atomic mass is 35.5. The Kier molecular flexibility index (Phi) is 35.7. The van der Waals surface area contributed by atoms with Crippen molar-refractivity contribution in [2.45, 2.75) is 150 Å². The van der Waals surface area contributed by atoms with E-state index in [1.54, 1.807) is 101 Å². The van der Waals surface area contributed by atoms with Crippen LogP contribution in [0.3, 0.4) is 0 Å². The fourth-order valence-corrected chi connectivity index (χ4v) is 17.6. The van der Waals surface area contributed by atoms with Crippen LogP contribution in [0.25, 0.3) is 21.5 Å². The summed E-state index contributed by atoms with van der Waals surface area (Å²) in [5, 5.41) is 94.1. The number of sulfone groups is 1. The van der Waals surface area contributed by atoms with E-state index in [1.165, 1.54) is 29.2 Å². The normalized spacial score (nSPS) is 21.2. The van der Waals surface area contributed by atoms with Crippen molar-refractivity contribution in [1.82, 2.24) is 15.0 Å². The summed E-state index contributed by atoms with van der Waals surface area (Å²) in [4.78, 5) is 71.4. The minimum atomic E-state index is -5.29. The molecule has 35 nitrogen and oxygen atoms in total. The van der Waals surface area contributed by atoms with Crippen molar-refractivity contribution < 1.29 is 142 Å². The smallest absolute Gasteiger partial charge is 0.461 e. The number of carbonyl (C=O) groups is 5. The molecule has 0 bridgehead atoms. The quantitative estimate of drug-likeness (QED) is 0.0120. The first-order valence-corrected chi connectivity index (χ1v) is 45.8. The fourth-order valence-electron chi connectivity index (χ4n) is 15.1. The predicted molar refractivity (Wildman–Crippen MR) is 459 cm³/mol. The number of ether oxygens (including phenoxy) is 11. The molecule has 0 saturated carbocycles. The maximum atomic E-state index is 14.6. The average molecular weight is 1850 g/mol. The second-order valence-electron chi connectivity index (χ2n) is 30.8. The van der Waals surface area contributed by atoms with Gasteiger partial charge in [0.15, 0.2) is 44.4 Å². The zero-order valence-corrected chi connectivity index (χ0v) is 72.9. The van der Waals surface area contributed by atoms with Crippen molar-refractivity contribution in [2.75, 3.05) is 140 Å². The van der Waals surface area contributed by atoms with Crippen LogP contribution in [0.1, 0.15) is 117 Å². The number of halogens is 2. The molecule has 5 heterocycles. The number of aryl methyl sites for hydroxylation is 1. The van der Waals surface area contributed by atoms with Gasteiger partial charge < -0.3 is 111 Å². The Bertz CT molecular complexity index is 5270. The first kappa shape index (κ1) is 97.2. The third kappa shape index (κ3) is 25.4. The second kappa shape index (κ2) is 46.6. The number of aromatic nitrogens is 3. The Balaban J connectivity index is 0.545. The number of carbonyl (C=O) groups excluding carboxylic acids is 5. The molecule has 39 heteroatoms. The predicted octanol–water partition coefficient (Wildman–Crippen LogP) is 6.15. The molecular formula is C88H105Cl2N5O30S2. The number of benzene rings is 7. The van der Waals surface area contributed by atoms with Crippen LogP contribution < -0.4 is 27.6 Å². The zero-order valence-electron chi connectivity index (χ0n) is 69.7. The number of ketones is 3. The summed E-state index contributed by atoms with van der Waals surface area (Å²) in [5.41, 5.74) is 4.38. The SMILES string of the molecule is Cc1ccc(S(=O)(=O)CCC(=O)c2ccc(C(=O)CCCOCCOCCOCCOCc3cn(CCOCCOCCOCCCC(=O)c4ccc(O[C@@H]5O[C@H](CO)[C@H](O)[C@H](O)[C@H]5O)c(OS(=O)(=O)Oc5cc6c(c7ccccc57)[C@H](CCl)CN6C(=O)CCCC(=O)N5C[C@@H](CCl)c6c5cc(OC5O[C@H](CO)[C@H](O)[C@H](O)[C@H]5O)c5ccccc65)c4)nn3)cc2)cc1. The highest BCUT2D eigenvalue weighted by Gasteiger charge is 2.47.